The Balaban J connectivity index is 1.79. The Morgan fingerprint density at radius 3 is 2.45 bits per heavy atom. The molecule has 3 rings (SSSR count). The molecule has 1 aromatic heterocycles. The summed E-state index contributed by atoms with van der Waals surface area (Å²) in [5, 5.41) is 0. The third-order valence-corrected chi connectivity index (χ3v) is 3.45. The van der Waals surface area contributed by atoms with Crippen molar-refractivity contribution in [1.29, 1.82) is 0 Å². The third kappa shape index (κ3) is 2.90. The maximum atomic E-state index is 5.81. The number of nitrogen functional groups attached to an aromatic ring is 1. The summed E-state index contributed by atoms with van der Waals surface area (Å²) in [6, 6.07) is 9.75. The van der Waals surface area contributed by atoms with Crippen molar-refractivity contribution in [1.82, 2.24) is 9.97 Å². The van der Waals surface area contributed by atoms with Crippen molar-refractivity contribution >= 4 is 5.82 Å². The predicted molar refractivity (Wildman–Crippen MR) is 79.0 cm³/mol. The van der Waals surface area contributed by atoms with Crippen molar-refractivity contribution < 1.29 is 4.74 Å². The molecule has 1 aromatic carbocycles. The molecule has 1 aliphatic carbocycles. The monoisotopic (exact) mass is 269 g/mol. The number of benzene rings is 1. The van der Waals surface area contributed by atoms with Crippen LogP contribution in [0.4, 0.5) is 5.82 Å². The second-order valence-electron chi connectivity index (χ2n) is 5.59. The molecule has 20 heavy (non-hydrogen) atoms. The van der Waals surface area contributed by atoms with Gasteiger partial charge in [-0.15, -0.1) is 0 Å². The minimum absolute atomic E-state index is 0.462. The van der Waals surface area contributed by atoms with Crippen LogP contribution in [0, 0.1) is 0 Å². The first-order valence-electron chi connectivity index (χ1n) is 7.04. The van der Waals surface area contributed by atoms with Crippen LogP contribution in [0.1, 0.15) is 49.9 Å². The number of rotatable bonds is 4. The molecule has 4 heteroatoms. The molecule has 1 heterocycles. The van der Waals surface area contributed by atoms with E-state index < -0.39 is 0 Å². The SMILES string of the molecule is CC(C)c1ccc(Oc2cc(N)nc(C3CC3)n2)cc1. The summed E-state index contributed by atoms with van der Waals surface area (Å²) in [7, 11) is 0. The van der Waals surface area contributed by atoms with Crippen LogP contribution in [0.3, 0.4) is 0 Å². The highest BCUT2D eigenvalue weighted by Gasteiger charge is 2.27. The molecule has 0 unspecified atom stereocenters. The summed E-state index contributed by atoms with van der Waals surface area (Å²) in [6.45, 7) is 4.34. The first-order chi connectivity index (χ1) is 9.61. The van der Waals surface area contributed by atoms with Gasteiger partial charge >= 0.3 is 0 Å². The molecule has 2 aromatic rings. The van der Waals surface area contributed by atoms with Crippen molar-refractivity contribution in [2.75, 3.05) is 5.73 Å². The average molecular weight is 269 g/mol. The van der Waals surface area contributed by atoms with Crippen LogP contribution in [0.25, 0.3) is 0 Å². The van der Waals surface area contributed by atoms with Gasteiger partial charge in [-0.1, -0.05) is 26.0 Å². The van der Waals surface area contributed by atoms with Crippen molar-refractivity contribution in [3.63, 3.8) is 0 Å². The molecule has 0 aliphatic heterocycles. The fraction of sp³-hybridized carbons (Fsp3) is 0.375. The Hall–Kier alpha value is -2.10. The fourth-order valence-electron chi connectivity index (χ4n) is 2.08. The number of aromatic nitrogens is 2. The van der Waals surface area contributed by atoms with Crippen LogP contribution in [0.2, 0.25) is 0 Å². The molecule has 4 nitrogen and oxygen atoms in total. The number of nitrogens with two attached hydrogens (primary N) is 1. The number of anilines is 1. The molecular formula is C16H19N3O. The highest BCUT2D eigenvalue weighted by Crippen LogP contribution is 2.39. The Kier molecular flexibility index (Phi) is 3.30. The van der Waals surface area contributed by atoms with E-state index in [9.17, 15) is 0 Å². The van der Waals surface area contributed by atoms with Gasteiger partial charge in [0, 0.05) is 12.0 Å². The van der Waals surface area contributed by atoms with Gasteiger partial charge in [0.2, 0.25) is 5.88 Å². The number of nitrogens with zero attached hydrogens (tertiary/aromatic N) is 2. The molecule has 0 bridgehead atoms. The van der Waals surface area contributed by atoms with Gasteiger partial charge in [-0.05, 0) is 36.5 Å². The molecule has 2 N–H and O–H groups in total. The summed E-state index contributed by atoms with van der Waals surface area (Å²) in [6.07, 6.45) is 2.29. The van der Waals surface area contributed by atoms with E-state index in [1.54, 1.807) is 6.07 Å². The highest BCUT2D eigenvalue weighted by molar-refractivity contribution is 5.37. The van der Waals surface area contributed by atoms with E-state index >= 15 is 0 Å². The lowest BCUT2D eigenvalue weighted by Crippen LogP contribution is -2.00. The van der Waals surface area contributed by atoms with Crippen LogP contribution >= 0.6 is 0 Å². The second kappa shape index (κ2) is 5.12. The summed E-state index contributed by atoms with van der Waals surface area (Å²) in [5.41, 5.74) is 7.10. The largest absolute Gasteiger partial charge is 0.439 e. The normalized spacial score (nSPS) is 14.6. The fourth-order valence-corrected chi connectivity index (χ4v) is 2.08. The first-order valence-corrected chi connectivity index (χ1v) is 7.04. The van der Waals surface area contributed by atoms with Crippen LogP contribution < -0.4 is 10.5 Å². The van der Waals surface area contributed by atoms with Crippen molar-refractivity contribution in [2.24, 2.45) is 0 Å². The summed E-state index contributed by atoms with van der Waals surface area (Å²) in [5.74, 6) is 3.55. The molecular weight excluding hydrogens is 250 g/mol. The predicted octanol–water partition coefficient (Wildman–Crippen LogP) is 3.85. The van der Waals surface area contributed by atoms with Gasteiger partial charge < -0.3 is 10.5 Å². The smallest absolute Gasteiger partial charge is 0.224 e. The van der Waals surface area contributed by atoms with Gasteiger partial charge in [-0.25, -0.2) is 4.98 Å². The van der Waals surface area contributed by atoms with E-state index in [0.29, 0.717) is 23.5 Å². The molecule has 0 amide bonds. The summed E-state index contributed by atoms with van der Waals surface area (Å²) < 4.78 is 5.78. The minimum Gasteiger partial charge on any atom is -0.439 e. The van der Waals surface area contributed by atoms with Gasteiger partial charge in [0.25, 0.3) is 0 Å². The zero-order chi connectivity index (χ0) is 14.1. The lowest BCUT2D eigenvalue weighted by molar-refractivity contribution is 0.459. The van der Waals surface area contributed by atoms with Gasteiger partial charge in [0.15, 0.2) is 0 Å². The van der Waals surface area contributed by atoms with E-state index in [2.05, 4.69) is 35.9 Å². The Labute approximate surface area is 119 Å². The van der Waals surface area contributed by atoms with Gasteiger partial charge in [0.1, 0.15) is 17.4 Å². The molecule has 1 fully saturated rings. The van der Waals surface area contributed by atoms with Crippen molar-refractivity contribution in [2.45, 2.75) is 38.5 Å². The Morgan fingerprint density at radius 2 is 1.85 bits per heavy atom. The molecule has 1 aliphatic rings. The van der Waals surface area contributed by atoms with E-state index in [0.717, 1.165) is 24.4 Å². The lowest BCUT2D eigenvalue weighted by atomic mass is 10.0. The second-order valence-corrected chi connectivity index (χ2v) is 5.59. The van der Waals surface area contributed by atoms with E-state index in [1.165, 1.54) is 5.56 Å². The minimum atomic E-state index is 0.462. The zero-order valence-electron chi connectivity index (χ0n) is 11.8. The lowest BCUT2D eigenvalue weighted by Gasteiger charge is -2.09. The molecule has 104 valence electrons. The molecule has 0 spiro atoms. The molecule has 0 saturated heterocycles. The molecule has 1 saturated carbocycles. The third-order valence-electron chi connectivity index (χ3n) is 3.45. The van der Waals surface area contributed by atoms with E-state index in [1.807, 2.05) is 12.1 Å². The summed E-state index contributed by atoms with van der Waals surface area (Å²) >= 11 is 0. The molecule has 0 radical (unpaired) electrons. The topological polar surface area (TPSA) is 61.0 Å². The van der Waals surface area contributed by atoms with E-state index in [4.69, 9.17) is 10.5 Å². The Bertz CT molecular complexity index is 604. The average Bonchev–Trinajstić information content (AvgIpc) is 3.23. The Morgan fingerprint density at radius 1 is 1.15 bits per heavy atom. The van der Waals surface area contributed by atoms with Gasteiger partial charge in [0.05, 0.1) is 0 Å². The standard InChI is InChI=1S/C16H19N3O/c1-10(2)11-5-7-13(8-6-11)20-15-9-14(17)18-16(19-15)12-3-4-12/h5-10,12H,3-4H2,1-2H3,(H2,17,18,19). The van der Waals surface area contributed by atoms with Gasteiger partial charge in [-0.3, -0.25) is 0 Å². The van der Waals surface area contributed by atoms with Gasteiger partial charge in [-0.2, -0.15) is 4.98 Å². The van der Waals surface area contributed by atoms with Crippen LogP contribution in [0.15, 0.2) is 30.3 Å². The summed E-state index contributed by atoms with van der Waals surface area (Å²) in [4.78, 5) is 8.70. The van der Waals surface area contributed by atoms with Crippen molar-refractivity contribution in [3.05, 3.63) is 41.7 Å². The van der Waals surface area contributed by atoms with Crippen LogP contribution in [-0.4, -0.2) is 9.97 Å². The number of hydrogen-bond donors (Lipinski definition) is 1. The first kappa shape index (κ1) is 12.9. The number of ether oxygens (including phenoxy) is 1. The quantitative estimate of drug-likeness (QED) is 0.915. The maximum Gasteiger partial charge on any atom is 0.224 e. The van der Waals surface area contributed by atoms with Crippen LogP contribution in [-0.2, 0) is 0 Å². The number of hydrogen-bond acceptors (Lipinski definition) is 4. The van der Waals surface area contributed by atoms with Crippen molar-refractivity contribution in [3.8, 4) is 11.6 Å². The molecule has 0 atom stereocenters. The highest BCUT2D eigenvalue weighted by atomic mass is 16.5. The van der Waals surface area contributed by atoms with Crippen LogP contribution in [0.5, 0.6) is 11.6 Å². The van der Waals surface area contributed by atoms with E-state index in [-0.39, 0.29) is 0 Å². The zero-order valence-corrected chi connectivity index (χ0v) is 11.8. The maximum absolute atomic E-state index is 5.81.